The minimum atomic E-state index is -0.0463. The number of rotatable bonds is 3. The highest BCUT2D eigenvalue weighted by atomic mass is 16.3. The average molecular weight is 166 g/mol. The fourth-order valence-electron chi connectivity index (χ4n) is 2.64. The molecule has 0 heterocycles. The Morgan fingerprint density at radius 1 is 1.58 bits per heavy atom. The van der Waals surface area contributed by atoms with Crippen LogP contribution in [-0.2, 0) is 0 Å². The van der Waals surface area contributed by atoms with Crippen LogP contribution < -0.4 is 0 Å². The number of aliphatic hydroxyl groups is 1. The highest BCUT2D eigenvalue weighted by Gasteiger charge is 2.34. The van der Waals surface area contributed by atoms with E-state index in [0.29, 0.717) is 0 Å². The molecule has 1 N–H and O–H groups in total. The van der Waals surface area contributed by atoms with E-state index < -0.39 is 0 Å². The van der Waals surface area contributed by atoms with Crippen LogP contribution in [0.1, 0.15) is 39.0 Å². The normalized spacial score (nSPS) is 35.3. The van der Waals surface area contributed by atoms with Gasteiger partial charge < -0.3 is 5.11 Å². The van der Waals surface area contributed by atoms with Crippen molar-refractivity contribution in [1.29, 1.82) is 0 Å². The Balaban J connectivity index is 1.87. The molecule has 1 heteroatoms. The van der Waals surface area contributed by atoms with E-state index in [2.05, 4.69) is 13.0 Å². The number of allylic oxidation sites excluding steroid dienone is 2. The molecule has 2 aliphatic carbocycles. The first-order valence-electron chi connectivity index (χ1n) is 5.15. The van der Waals surface area contributed by atoms with Gasteiger partial charge in [-0.3, -0.25) is 0 Å². The topological polar surface area (TPSA) is 20.2 Å². The second kappa shape index (κ2) is 3.21. The van der Waals surface area contributed by atoms with Gasteiger partial charge in [-0.1, -0.05) is 18.6 Å². The molecule has 1 nitrogen and oxygen atoms in total. The van der Waals surface area contributed by atoms with Crippen LogP contribution in [0.2, 0.25) is 0 Å². The molecule has 0 saturated heterocycles. The molecule has 3 unspecified atom stereocenters. The molecular formula is C11H18O. The van der Waals surface area contributed by atoms with Crippen molar-refractivity contribution in [2.75, 3.05) is 0 Å². The van der Waals surface area contributed by atoms with Gasteiger partial charge in [-0.25, -0.2) is 0 Å². The molecule has 0 radical (unpaired) electrons. The highest BCUT2D eigenvalue weighted by molar-refractivity contribution is 5.18. The van der Waals surface area contributed by atoms with Gasteiger partial charge in [0.15, 0.2) is 0 Å². The Labute approximate surface area is 74.5 Å². The lowest BCUT2D eigenvalue weighted by molar-refractivity contribution is 0.127. The minimum Gasteiger partial charge on any atom is -0.393 e. The third kappa shape index (κ3) is 1.42. The van der Waals surface area contributed by atoms with Crippen LogP contribution in [0.4, 0.5) is 0 Å². The van der Waals surface area contributed by atoms with Gasteiger partial charge in [-0.05, 0) is 43.9 Å². The summed E-state index contributed by atoms with van der Waals surface area (Å²) in [6.07, 6.45) is 8.22. The summed E-state index contributed by atoms with van der Waals surface area (Å²) in [5, 5.41) is 9.53. The molecule has 2 bridgehead atoms. The zero-order valence-electron chi connectivity index (χ0n) is 7.79. The van der Waals surface area contributed by atoms with Crippen LogP contribution in [0.15, 0.2) is 11.6 Å². The highest BCUT2D eigenvalue weighted by Crippen LogP contribution is 2.46. The first-order valence-corrected chi connectivity index (χ1v) is 5.15. The van der Waals surface area contributed by atoms with Crippen LogP contribution in [0.5, 0.6) is 0 Å². The number of hydrogen-bond donors (Lipinski definition) is 1. The Bertz CT molecular complexity index is 195. The molecule has 0 aliphatic heterocycles. The molecule has 1 saturated carbocycles. The zero-order valence-corrected chi connectivity index (χ0v) is 7.79. The maximum absolute atomic E-state index is 9.53. The zero-order chi connectivity index (χ0) is 8.55. The lowest BCUT2D eigenvalue weighted by Crippen LogP contribution is -2.16. The van der Waals surface area contributed by atoms with E-state index in [1.165, 1.54) is 19.3 Å². The molecule has 3 atom stereocenters. The summed E-state index contributed by atoms with van der Waals surface area (Å²) in [6.45, 7) is 2.07. The van der Waals surface area contributed by atoms with Crippen LogP contribution in [-0.4, -0.2) is 11.2 Å². The van der Waals surface area contributed by atoms with Crippen molar-refractivity contribution in [3.05, 3.63) is 11.6 Å². The van der Waals surface area contributed by atoms with Gasteiger partial charge in [0.25, 0.3) is 0 Å². The van der Waals surface area contributed by atoms with Gasteiger partial charge >= 0.3 is 0 Å². The van der Waals surface area contributed by atoms with Crippen molar-refractivity contribution in [1.82, 2.24) is 0 Å². The van der Waals surface area contributed by atoms with Gasteiger partial charge in [-0.15, -0.1) is 0 Å². The average Bonchev–Trinajstić information content (AvgIpc) is 2.64. The van der Waals surface area contributed by atoms with Crippen LogP contribution in [0.3, 0.4) is 0 Å². The lowest BCUT2D eigenvalue weighted by atomic mass is 9.87. The molecule has 12 heavy (non-hydrogen) atoms. The summed E-state index contributed by atoms with van der Waals surface area (Å²) in [6, 6.07) is 0. The van der Waals surface area contributed by atoms with Gasteiger partial charge in [0.05, 0.1) is 6.10 Å². The summed E-state index contributed by atoms with van der Waals surface area (Å²) >= 11 is 0. The van der Waals surface area contributed by atoms with Gasteiger partial charge in [0.1, 0.15) is 0 Å². The van der Waals surface area contributed by atoms with Crippen LogP contribution in [0.25, 0.3) is 0 Å². The third-order valence-corrected chi connectivity index (χ3v) is 3.47. The van der Waals surface area contributed by atoms with E-state index in [0.717, 1.165) is 24.7 Å². The Morgan fingerprint density at radius 3 is 2.92 bits per heavy atom. The van der Waals surface area contributed by atoms with Crippen LogP contribution >= 0.6 is 0 Å². The predicted molar refractivity (Wildman–Crippen MR) is 49.8 cm³/mol. The summed E-state index contributed by atoms with van der Waals surface area (Å²) in [5.74, 6) is 1.70. The maximum atomic E-state index is 9.53. The summed E-state index contributed by atoms with van der Waals surface area (Å²) in [7, 11) is 0. The minimum absolute atomic E-state index is 0.0463. The molecule has 68 valence electrons. The Hall–Kier alpha value is -0.300. The van der Waals surface area contributed by atoms with Gasteiger partial charge in [-0.2, -0.15) is 0 Å². The molecule has 0 amide bonds. The van der Waals surface area contributed by atoms with E-state index in [1.54, 1.807) is 5.57 Å². The first kappa shape index (κ1) is 8.31. The fourth-order valence-corrected chi connectivity index (χ4v) is 2.64. The summed E-state index contributed by atoms with van der Waals surface area (Å²) < 4.78 is 0. The largest absolute Gasteiger partial charge is 0.393 e. The van der Waals surface area contributed by atoms with E-state index in [-0.39, 0.29) is 6.10 Å². The van der Waals surface area contributed by atoms with Crippen molar-refractivity contribution in [3.8, 4) is 0 Å². The molecule has 0 aromatic heterocycles. The van der Waals surface area contributed by atoms with Crippen molar-refractivity contribution in [3.63, 3.8) is 0 Å². The standard InChI is InChI=1S/C11H18O/c1-2-11(12)7-10-6-8-3-4-9(10)5-8/h3,9-12H,2,4-7H2,1H3. The lowest BCUT2D eigenvalue weighted by Gasteiger charge is -2.21. The second-order valence-corrected chi connectivity index (χ2v) is 4.32. The van der Waals surface area contributed by atoms with Gasteiger partial charge in [0, 0.05) is 0 Å². The van der Waals surface area contributed by atoms with Crippen molar-refractivity contribution < 1.29 is 5.11 Å². The molecule has 2 aliphatic rings. The fraction of sp³-hybridized carbons (Fsp3) is 0.818. The molecule has 0 aromatic carbocycles. The van der Waals surface area contributed by atoms with Crippen LogP contribution in [0, 0.1) is 11.8 Å². The molecular weight excluding hydrogens is 148 g/mol. The molecule has 0 aromatic rings. The predicted octanol–water partition coefficient (Wildman–Crippen LogP) is 2.50. The third-order valence-electron chi connectivity index (χ3n) is 3.47. The Kier molecular flexibility index (Phi) is 2.22. The van der Waals surface area contributed by atoms with Gasteiger partial charge in [0.2, 0.25) is 0 Å². The van der Waals surface area contributed by atoms with E-state index >= 15 is 0 Å². The monoisotopic (exact) mass is 166 g/mol. The number of fused-ring (bicyclic) bond motifs is 2. The smallest absolute Gasteiger partial charge is 0.0540 e. The SMILES string of the molecule is CCC(O)CC1CC2=CCC1C2. The van der Waals surface area contributed by atoms with Crippen molar-refractivity contribution in [2.24, 2.45) is 11.8 Å². The molecule has 2 rings (SSSR count). The summed E-state index contributed by atoms with van der Waals surface area (Å²) in [4.78, 5) is 0. The van der Waals surface area contributed by atoms with E-state index in [4.69, 9.17) is 0 Å². The van der Waals surface area contributed by atoms with E-state index in [1.807, 2.05) is 0 Å². The maximum Gasteiger partial charge on any atom is 0.0540 e. The molecule has 0 spiro atoms. The number of aliphatic hydroxyl groups excluding tert-OH is 1. The molecule has 1 fully saturated rings. The quantitative estimate of drug-likeness (QED) is 0.639. The van der Waals surface area contributed by atoms with Crippen molar-refractivity contribution in [2.45, 2.75) is 45.1 Å². The van der Waals surface area contributed by atoms with Crippen molar-refractivity contribution >= 4 is 0 Å². The Morgan fingerprint density at radius 2 is 2.42 bits per heavy atom. The second-order valence-electron chi connectivity index (χ2n) is 4.32. The number of hydrogen-bond acceptors (Lipinski definition) is 1. The first-order chi connectivity index (χ1) is 5.79. The van der Waals surface area contributed by atoms with E-state index in [9.17, 15) is 5.11 Å². The summed E-state index contributed by atoms with van der Waals surface area (Å²) in [5.41, 5.74) is 1.66.